The molecule has 0 spiro atoms. The Morgan fingerprint density at radius 3 is 2.62 bits per heavy atom. The van der Waals surface area contributed by atoms with Crippen LogP contribution < -0.4 is 10.1 Å². The van der Waals surface area contributed by atoms with Gasteiger partial charge in [0.05, 0.1) is 13.2 Å². The Kier molecular flexibility index (Phi) is 4.49. The second kappa shape index (κ2) is 6.32. The highest BCUT2D eigenvalue weighted by Crippen LogP contribution is 2.25. The zero-order valence-electron chi connectivity index (χ0n) is 12.7. The number of hydrogen-bond donors (Lipinski definition) is 1. The molecule has 0 radical (unpaired) electrons. The first-order valence-electron chi connectivity index (χ1n) is 6.94. The number of anilines is 1. The van der Waals surface area contributed by atoms with Gasteiger partial charge in [-0.25, -0.2) is 0 Å². The summed E-state index contributed by atoms with van der Waals surface area (Å²) in [7, 11) is 1.65. The third-order valence-corrected chi connectivity index (χ3v) is 3.42. The van der Waals surface area contributed by atoms with Gasteiger partial charge in [0.2, 0.25) is 0 Å². The van der Waals surface area contributed by atoms with Gasteiger partial charge in [0.15, 0.2) is 0 Å². The summed E-state index contributed by atoms with van der Waals surface area (Å²) in [5.41, 5.74) is 2.44. The number of benzene rings is 2. The number of methoxy groups -OCH3 is 1. The molecule has 0 saturated heterocycles. The minimum Gasteiger partial charge on any atom is -0.496 e. The summed E-state index contributed by atoms with van der Waals surface area (Å²) in [4.78, 5) is 0. The fourth-order valence-electron chi connectivity index (χ4n) is 2.38. The molecule has 3 heteroatoms. The van der Waals surface area contributed by atoms with Crippen molar-refractivity contribution in [2.75, 3.05) is 12.4 Å². The molecule has 0 aliphatic heterocycles. The van der Waals surface area contributed by atoms with E-state index in [1.165, 1.54) is 0 Å². The van der Waals surface area contributed by atoms with Gasteiger partial charge in [-0.1, -0.05) is 30.3 Å². The van der Waals surface area contributed by atoms with E-state index in [0.717, 1.165) is 22.6 Å². The van der Waals surface area contributed by atoms with Crippen molar-refractivity contribution in [2.45, 2.75) is 25.8 Å². The summed E-state index contributed by atoms with van der Waals surface area (Å²) in [6, 6.07) is 18.2. The summed E-state index contributed by atoms with van der Waals surface area (Å²) in [5.74, 6) is 0.810. The monoisotopic (exact) mass is 280 g/mol. The van der Waals surface area contributed by atoms with Gasteiger partial charge >= 0.3 is 0 Å². The van der Waals surface area contributed by atoms with E-state index in [1.807, 2.05) is 62.4 Å². The van der Waals surface area contributed by atoms with Crippen LogP contribution in [0.3, 0.4) is 0 Å². The first kappa shape index (κ1) is 14.9. The number of nitrogens with zero attached hydrogens (tertiary/aromatic N) is 1. The lowest BCUT2D eigenvalue weighted by Crippen LogP contribution is -2.35. The van der Waals surface area contributed by atoms with Crippen LogP contribution in [0.5, 0.6) is 5.75 Å². The fourth-order valence-corrected chi connectivity index (χ4v) is 2.38. The van der Waals surface area contributed by atoms with Crippen molar-refractivity contribution in [3.63, 3.8) is 0 Å². The molecule has 0 bridgehead atoms. The summed E-state index contributed by atoms with van der Waals surface area (Å²) in [6.45, 7) is 3.94. The summed E-state index contributed by atoms with van der Waals surface area (Å²) in [5, 5.41) is 12.9. The van der Waals surface area contributed by atoms with Gasteiger partial charge in [0.25, 0.3) is 0 Å². The Labute approximate surface area is 126 Å². The van der Waals surface area contributed by atoms with E-state index in [0.29, 0.717) is 6.42 Å². The van der Waals surface area contributed by atoms with E-state index in [-0.39, 0.29) is 0 Å². The third-order valence-electron chi connectivity index (χ3n) is 3.42. The largest absolute Gasteiger partial charge is 0.496 e. The maximum Gasteiger partial charge on any atom is 0.126 e. The van der Waals surface area contributed by atoms with Crippen LogP contribution in [-0.4, -0.2) is 12.6 Å². The Bertz CT molecular complexity index is 660. The van der Waals surface area contributed by atoms with E-state index in [2.05, 4.69) is 11.4 Å². The van der Waals surface area contributed by atoms with Crippen LogP contribution in [-0.2, 0) is 6.42 Å². The third kappa shape index (κ3) is 3.76. The average Bonchev–Trinajstić information content (AvgIpc) is 2.47. The summed E-state index contributed by atoms with van der Waals surface area (Å²) >= 11 is 0. The van der Waals surface area contributed by atoms with Gasteiger partial charge in [0, 0.05) is 12.1 Å². The number of ether oxygens (including phenoxy) is 1. The lowest BCUT2D eigenvalue weighted by atomic mass is 9.93. The SMILES string of the molecule is COc1ccccc1CC(C)(C#N)Nc1cccc(C)c1. The Hall–Kier alpha value is -2.47. The zero-order chi connectivity index (χ0) is 15.3. The minimum absolute atomic E-state index is 0.571. The Morgan fingerprint density at radius 2 is 1.95 bits per heavy atom. The highest BCUT2D eigenvalue weighted by Gasteiger charge is 2.25. The first-order chi connectivity index (χ1) is 10.1. The van der Waals surface area contributed by atoms with Gasteiger partial charge in [-0.05, 0) is 43.2 Å². The van der Waals surface area contributed by atoms with Crippen LogP contribution in [0.1, 0.15) is 18.1 Å². The van der Waals surface area contributed by atoms with Crippen molar-refractivity contribution >= 4 is 5.69 Å². The van der Waals surface area contributed by atoms with Crippen molar-refractivity contribution in [1.29, 1.82) is 5.26 Å². The number of rotatable bonds is 5. The summed E-state index contributed by atoms with van der Waals surface area (Å²) < 4.78 is 5.37. The maximum absolute atomic E-state index is 9.59. The molecule has 2 aromatic rings. The molecule has 0 fully saturated rings. The Morgan fingerprint density at radius 1 is 1.19 bits per heavy atom. The number of nitrogens with one attached hydrogen (secondary N) is 1. The molecule has 2 rings (SSSR count). The number of aryl methyl sites for hydroxylation is 1. The molecule has 0 aliphatic carbocycles. The van der Waals surface area contributed by atoms with Crippen LogP contribution in [0.2, 0.25) is 0 Å². The van der Waals surface area contributed by atoms with Crippen molar-refractivity contribution in [2.24, 2.45) is 0 Å². The highest BCUT2D eigenvalue weighted by atomic mass is 16.5. The minimum atomic E-state index is -0.692. The lowest BCUT2D eigenvalue weighted by molar-refractivity contribution is 0.407. The smallest absolute Gasteiger partial charge is 0.126 e. The van der Waals surface area contributed by atoms with Crippen LogP contribution >= 0.6 is 0 Å². The van der Waals surface area contributed by atoms with Gasteiger partial charge in [-0.2, -0.15) is 5.26 Å². The van der Waals surface area contributed by atoms with Crippen molar-refractivity contribution in [1.82, 2.24) is 0 Å². The van der Waals surface area contributed by atoms with Crippen LogP contribution in [0.15, 0.2) is 48.5 Å². The molecule has 21 heavy (non-hydrogen) atoms. The van der Waals surface area contributed by atoms with Gasteiger partial charge in [-0.15, -0.1) is 0 Å². The molecule has 0 saturated carbocycles. The molecule has 1 unspecified atom stereocenters. The zero-order valence-corrected chi connectivity index (χ0v) is 12.7. The number of hydrogen-bond acceptors (Lipinski definition) is 3. The van der Waals surface area contributed by atoms with Crippen molar-refractivity contribution in [3.05, 3.63) is 59.7 Å². The Balaban J connectivity index is 2.24. The molecule has 108 valence electrons. The molecule has 3 nitrogen and oxygen atoms in total. The average molecular weight is 280 g/mol. The molecule has 0 heterocycles. The number of para-hydroxylation sites is 1. The topological polar surface area (TPSA) is 45.0 Å². The quantitative estimate of drug-likeness (QED) is 0.902. The number of nitriles is 1. The van der Waals surface area contributed by atoms with Gasteiger partial charge in [0.1, 0.15) is 11.3 Å². The molecular weight excluding hydrogens is 260 g/mol. The van der Waals surface area contributed by atoms with Crippen molar-refractivity contribution in [3.8, 4) is 11.8 Å². The lowest BCUT2D eigenvalue weighted by Gasteiger charge is -2.25. The fraction of sp³-hybridized carbons (Fsp3) is 0.278. The molecule has 1 N–H and O–H groups in total. The van der Waals surface area contributed by atoms with E-state index < -0.39 is 5.54 Å². The molecule has 1 atom stereocenters. The van der Waals surface area contributed by atoms with Crippen LogP contribution in [0.4, 0.5) is 5.69 Å². The standard InChI is InChI=1S/C18H20N2O/c1-14-7-6-9-16(11-14)20-18(2,13-19)12-15-8-4-5-10-17(15)21-3/h4-11,20H,12H2,1-3H3. The van der Waals surface area contributed by atoms with E-state index in [4.69, 9.17) is 4.74 Å². The maximum atomic E-state index is 9.59. The van der Waals surface area contributed by atoms with E-state index in [9.17, 15) is 5.26 Å². The highest BCUT2D eigenvalue weighted by molar-refractivity contribution is 5.50. The second-order valence-electron chi connectivity index (χ2n) is 5.43. The van der Waals surface area contributed by atoms with Gasteiger partial charge < -0.3 is 10.1 Å². The first-order valence-corrected chi connectivity index (χ1v) is 6.94. The predicted octanol–water partition coefficient (Wildman–Crippen LogP) is 3.94. The molecule has 0 aromatic heterocycles. The van der Waals surface area contributed by atoms with Crippen LogP contribution in [0.25, 0.3) is 0 Å². The predicted molar refractivity (Wildman–Crippen MR) is 85.5 cm³/mol. The molecule has 0 aliphatic rings. The normalized spacial score (nSPS) is 13.0. The van der Waals surface area contributed by atoms with Crippen molar-refractivity contribution < 1.29 is 4.74 Å². The van der Waals surface area contributed by atoms with E-state index in [1.54, 1.807) is 7.11 Å². The molecule has 0 amide bonds. The molecular formula is C18H20N2O. The van der Waals surface area contributed by atoms with Crippen LogP contribution in [0, 0.1) is 18.3 Å². The summed E-state index contributed by atoms with van der Waals surface area (Å²) in [6.07, 6.45) is 0.571. The van der Waals surface area contributed by atoms with Gasteiger partial charge in [-0.3, -0.25) is 0 Å². The molecule has 2 aromatic carbocycles. The second-order valence-corrected chi connectivity index (χ2v) is 5.43. The van der Waals surface area contributed by atoms with E-state index >= 15 is 0 Å².